The predicted molar refractivity (Wildman–Crippen MR) is 294 cm³/mol. The Morgan fingerprint density at radius 1 is 0.261 bits per heavy atom. The molecule has 0 fully saturated rings. The monoisotopic (exact) mass is 1140 g/mol. The third-order valence-corrected chi connectivity index (χ3v) is 12.7. The van der Waals surface area contributed by atoms with Crippen LogP contribution in [0.1, 0.15) is 225 Å². The first kappa shape index (κ1) is 57.3. The number of hydrogen-bond acceptors (Lipinski definition) is 2. The van der Waals surface area contributed by atoms with E-state index in [1.54, 1.807) is 0 Å². The zero-order chi connectivity index (χ0) is 49.7. The van der Waals surface area contributed by atoms with Crippen molar-refractivity contribution < 1.29 is 39.9 Å². The normalized spacial score (nSPS) is 11.5. The third kappa shape index (κ3) is 15.9. The Kier molecular flexibility index (Phi) is 22.7. The van der Waals surface area contributed by atoms with E-state index in [1.165, 1.54) is 44.5 Å². The molecule has 0 aliphatic carbocycles. The summed E-state index contributed by atoms with van der Waals surface area (Å²) in [5.74, 6) is 3.49. The van der Waals surface area contributed by atoms with Crippen molar-refractivity contribution in [2.45, 2.75) is 184 Å². The van der Waals surface area contributed by atoms with Gasteiger partial charge in [0.1, 0.15) is 0 Å². The van der Waals surface area contributed by atoms with E-state index in [0.29, 0.717) is 73.5 Å². The first-order valence-electron chi connectivity index (χ1n) is 25.5. The molecule has 0 radical (unpaired) electrons. The van der Waals surface area contributed by atoms with Gasteiger partial charge in [0.25, 0.3) is 0 Å². The second kappa shape index (κ2) is 27.3. The molecule has 0 N–H and O–H groups in total. The molecule has 0 spiro atoms. The molecular formula is C62H82N6Th. The fraction of sp³-hybridized carbons (Fsp3) is 0.452. The van der Waals surface area contributed by atoms with Crippen LogP contribution in [0.15, 0.2) is 109 Å². The number of rotatable bonds is 20. The number of aromatic nitrogens is 2. The van der Waals surface area contributed by atoms with Crippen LogP contribution in [-0.4, -0.2) is 9.97 Å². The van der Waals surface area contributed by atoms with Gasteiger partial charge in [0, 0.05) is 22.8 Å². The first-order valence-corrected chi connectivity index (χ1v) is 25.5. The van der Waals surface area contributed by atoms with Crippen LogP contribution in [-0.2, 0) is 26.2 Å². The van der Waals surface area contributed by atoms with Crippen molar-refractivity contribution in [3.63, 3.8) is 0 Å². The molecule has 0 bridgehead atoms. The van der Waals surface area contributed by atoms with Gasteiger partial charge < -0.3 is 21.3 Å². The molecule has 0 aliphatic heterocycles. The van der Waals surface area contributed by atoms with E-state index in [-0.39, 0.29) is 39.9 Å². The molecule has 0 amide bonds. The van der Waals surface area contributed by atoms with Crippen molar-refractivity contribution in [2.75, 3.05) is 0 Å². The Morgan fingerprint density at radius 2 is 0.406 bits per heavy atom. The number of hydrogen-bond donors (Lipinski definition) is 0. The van der Waals surface area contributed by atoms with Crippen LogP contribution >= 0.6 is 0 Å². The summed E-state index contributed by atoms with van der Waals surface area (Å²) in [6.07, 6.45) is 0. The van der Waals surface area contributed by atoms with Crippen molar-refractivity contribution in [3.8, 4) is 0 Å². The van der Waals surface area contributed by atoms with Gasteiger partial charge in [-0.25, -0.2) is 0 Å². The molecule has 0 unspecified atom stereocenters. The van der Waals surface area contributed by atoms with E-state index in [9.17, 15) is 0 Å². The van der Waals surface area contributed by atoms with Gasteiger partial charge in [-0.15, -0.1) is 22.7 Å². The quantitative estimate of drug-likeness (QED) is 0.0763. The third-order valence-electron chi connectivity index (χ3n) is 12.7. The van der Waals surface area contributed by atoms with Gasteiger partial charge in [-0.1, -0.05) is 266 Å². The fourth-order valence-electron chi connectivity index (χ4n) is 8.83. The van der Waals surface area contributed by atoms with Crippen molar-refractivity contribution in [2.24, 2.45) is 0 Å². The maximum absolute atomic E-state index is 5.06. The Hall–Kier alpha value is -4.30. The van der Waals surface area contributed by atoms with Gasteiger partial charge >= 0.3 is 39.9 Å². The molecule has 7 heteroatoms. The van der Waals surface area contributed by atoms with Crippen molar-refractivity contribution >= 4 is 22.7 Å². The van der Waals surface area contributed by atoms with Crippen LogP contribution in [0.2, 0.25) is 0 Å². The maximum Gasteiger partial charge on any atom is 4.00 e. The molecule has 364 valence electrons. The van der Waals surface area contributed by atoms with E-state index in [1.807, 2.05) is 0 Å². The zero-order valence-electron chi connectivity index (χ0n) is 45.0. The van der Waals surface area contributed by atoms with Crippen LogP contribution in [0.5, 0.6) is 0 Å². The van der Waals surface area contributed by atoms with Crippen molar-refractivity contribution in [1.29, 1.82) is 0 Å². The summed E-state index contributed by atoms with van der Waals surface area (Å²) < 4.78 is 0. The summed E-state index contributed by atoms with van der Waals surface area (Å²) in [6, 6.07) is 38.7. The minimum Gasteiger partial charge on any atom is -0.679 e. The van der Waals surface area contributed by atoms with Crippen LogP contribution < -0.4 is 0 Å². The average molecular weight is 1140 g/mol. The van der Waals surface area contributed by atoms with E-state index in [0.717, 1.165) is 45.5 Å². The van der Waals surface area contributed by atoms with Crippen LogP contribution in [0, 0.1) is 39.9 Å². The van der Waals surface area contributed by atoms with E-state index < -0.39 is 0 Å². The Labute approximate surface area is 451 Å². The minimum absolute atomic E-state index is 0. The minimum atomic E-state index is 0. The van der Waals surface area contributed by atoms with Crippen molar-refractivity contribution in [1.82, 2.24) is 9.97 Å². The summed E-state index contributed by atoms with van der Waals surface area (Å²) in [7, 11) is 0. The summed E-state index contributed by atoms with van der Waals surface area (Å²) in [6.45, 7) is 38.1. The van der Waals surface area contributed by atoms with Crippen LogP contribution in [0.25, 0.3) is 21.3 Å². The topological polar surface area (TPSA) is 82.2 Å². The number of nitrogens with zero attached hydrogens (tertiary/aromatic N) is 6. The second-order valence-electron chi connectivity index (χ2n) is 20.9. The molecule has 6 nitrogen and oxygen atoms in total. The molecule has 0 aliphatic rings. The molecule has 6 aromatic rings. The molecule has 0 saturated heterocycles. The second-order valence-corrected chi connectivity index (χ2v) is 20.9. The molecule has 2 heterocycles. The number of pyridine rings is 2. The van der Waals surface area contributed by atoms with Gasteiger partial charge in [0.05, 0.1) is 0 Å². The molecule has 4 aromatic carbocycles. The molecule has 6 rings (SSSR count). The summed E-state index contributed by atoms with van der Waals surface area (Å²) >= 11 is 0. The SMILES string of the molecule is CC(C)c1cccc(C(C)C)c1[N-]Cc1cccc(C[N-]c2c(C(C)C)cccc2C(C)C)n1.CC(C)c1cccc(C(C)C)c1[N-]Cc1cccc(C[N-]c2c(C(C)C)cccc2C(C)C)n1.[Th+4]. The Balaban J connectivity index is 0.000000296. The molecule has 2 aromatic heterocycles. The Bertz CT molecular complexity index is 2070. The van der Waals surface area contributed by atoms with E-state index in [4.69, 9.17) is 31.2 Å². The van der Waals surface area contributed by atoms with Crippen LogP contribution in [0.4, 0.5) is 22.7 Å². The first-order chi connectivity index (χ1) is 32.4. The fourth-order valence-corrected chi connectivity index (χ4v) is 8.83. The molecule has 69 heavy (non-hydrogen) atoms. The maximum atomic E-state index is 5.06. The van der Waals surface area contributed by atoms with Gasteiger partial charge in [0.2, 0.25) is 0 Å². The summed E-state index contributed by atoms with van der Waals surface area (Å²) in [5, 5.41) is 20.2. The van der Waals surface area contributed by atoms with E-state index >= 15 is 0 Å². The summed E-state index contributed by atoms with van der Waals surface area (Å²) in [5.41, 5.74) is 19.0. The molecule has 0 atom stereocenters. The number of para-hydroxylation sites is 4. The smallest absolute Gasteiger partial charge is 0.679 e. The zero-order valence-corrected chi connectivity index (χ0v) is 49.1. The van der Waals surface area contributed by atoms with E-state index in [2.05, 4.69) is 220 Å². The average Bonchev–Trinajstić information content (AvgIpc) is 3.30. The van der Waals surface area contributed by atoms with Gasteiger partial charge in [0.15, 0.2) is 0 Å². The standard InChI is InChI=1S/2C31H41N3.Th/c2*1-20(2)26-14-10-15-27(21(3)4)30(26)32-18-24-12-9-13-25(34-24)19-33-31-28(22(5)6)16-11-17-29(31)23(7)8;/h2*9-17,20-23H,18-19H2,1-8H3;/q2*-2;+4. The molecule has 0 saturated carbocycles. The largest absolute Gasteiger partial charge is 4.00 e. The Morgan fingerprint density at radius 3 is 0.551 bits per heavy atom. The van der Waals surface area contributed by atoms with Crippen molar-refractivity contribution in [3.05, 3.63) is 198 Å². The summed E-state index contributed by atoms with van der Waals surface area (Å²) in [4.78, 5) is 9.83. The van der Waals surface area contributed by atoms with Gasteiger partial charge in [-0.3, -0.25) is 9.97 Å². The number of benzene rings is 4. The predicted octanol–water partition coefficient (Wildman–Crippen LogP) is 20.0. The van der Waals surface area contributed by atoms with Crippen LogP contribution in [0.3, 0.4) is 0 Å². The van der Waals surface area contributed by atoms with Gasteiger partial charge in [-0.2, -0.15) is 0 Å². The molecular weight excluding hydrogens is 1060 g/mol. The van der Waals surface area contributed by atoms with Gasteiger partial charge in [-0.05, 0) is 71.6 Å².